The molecule has 1 aliphatic rings. The van der Waals surface area contributed by atoms with Gasteiger partial charge in [0.15, 0.2) is 0 Å². The van der Waals surface area contributed by atoms with Crippen LogP contribution < -0.4 is 5.73 Å². The summed E-state index contributed by atoms with van der Waals surface area (Å²) in [4.78, 5) is 4.06. The summed E-state index contributed by atoms with van der Waals surface area (Å²) in [6.45, 7) is 0.931. The Morgan fingerprint density at radius 1 is 1.60 bits per heavy atom. The number of aromatic nitrogens is 1. The minimum Gasteiger partial charge on any atom is -0.383 e. The van der Waals surface area contributed by atoms with Crippen LogP contribution in [0, 0.1) is 0 Å². The second-order valence-electron chi connectivity index (χ2n) is 3.70. The molecule has 1 saturated heterocycles. The van der Waals surface area contributed by atoms with E-state index >= 15 is 0 Å². The van der Waals surface area contributed by atoms with E-state index in [2.05, 4.69) is 4.98 Å². The molecule has 1 aromatic rings. The largest absolute Gasteiger partial charge is 0.383 e. The van der Waals surface area contributed by atoms with Crippen LogP contribution in [-0.4, -0.2) is 23.4 Å². The van der Waals surface area contributed by atoms with E-state index in [1.807, 2.05) is 23.9 Å². The fourth-order valence-corrected chi connectivity index (χ4v) is 2.76. The van der Waals surface area contributed by atoms with Crippen LogP contribution in [0.4, 0.5) is 5.82 Å². The maximum absolute atomic E-state index is 5.76. The summed E-state index contributed by atoms with van der Waals surface area (Å²) in [5.41, 5.74) is 6.88. The van der Waals surface area contributed by atoms with Crippen LogP contribution in [0.3, 0.4) is 0 Å². The van der Waals surface area contributed by atoms with E-state index in [-0.39, 0.29) is 0 Å². The molecular weight excluding hydrogens is 208 g/mol. The van der Waals surface area contributed by atoms with Gasteiger partial charge in [0.05, 0.1) is 6.10 Å². The molecule has 2 rings (SSSR count). The first-order chi connectivity index (χ1) is 7.36. The zero-order valence-electron chi connectivity index (χ0n) is 8.69. The molecule has 2 N–H and O–H groups in total. The van der Waals surface area contributed by atoms with E-state index < -0.39 is 0 Å². The predicted octanol–water partition coefficient (Wildman–Crippen LogP) is 2.08. The molecule has 15 heavy (non-hydrogen) atoms. The molecule has 0 radical (unpaired) electrons. The summed E-state index contributed by atoms with van der Waals surface area (Å²) >= 11 is 1.87. The highest BCUT2D eigenvalue weighted by Crippen LogP contribution is 2.21. The molecule has 3 nitrogen and oxygen atoms in total. The number of anilines is 1. The van der Waals surface area contributed by atoms with Gasteiger partial charge in [-0.15, -0.1) is 0 Å². The zero-order chi connectivity index (χ0) is 10.5. The van der Waals surface area contributed by atoms with Crippen molar-refractivity contribution in [3.63, 3.8) is 0 Å². The Morgan fingerprint density at radius 2 is 2.53 bits per heavy atom. The summed E-state index contributed by atoms with van der Waals surface area (Å²) in [7, 11) is 0. The average molecular weight is 224 g/mol. The number of ether oxygens (including phenoxy) is 1. The third-order valence-corrected chi connectivity index (χ3v) is 3.63. The molecule has 4 heteroatoms. The van der Waals surface area contributed by atoms with Crippen molar-refractivity contribution >= 4 is 17.6 Å². The summed E-state index contributed by atoms with van der Waals surface area (Å²) in [6.07, 6.45) is 4.59. The van der Waals surface area contributed by atoms with E-state index in [0.717, 1.165) is 23.7 Å². The highest BCUT2D eigenvalue weighted by atomic mass is 32.2. The lowest BCUT2D eigenvalue weighted by Gasteiger charge is -2.09. The number of nitrogen functional groups attached to an aromatic ring is 1. The molecule has 0 spiro atoms. The quantitative estimate of drug-likeness (QED) is 0.850. The molecule has 1 atom stereocenters. The van der Waals surface area contributed by atoms with E-state index in [9.17, 15) is 0 Å². The normalized spacial score (nSPS) is 20.7. The molecular formula is C11H16N2OS. The second kappa shape index (κ2) is 5.37. The molecule has 0 aromatic carbocycles. The number of nitrogens with two attached hydrogens (primary N) is 1. The highest BCUT2D eigenvalue weighted by Gasteiger charge is 2.15. The van der Waals surface area contributed by atoms with Gasteiger partial charge in [0.1, 0.15) is 5.82 Å². The van der Waals surface area contributed by atoms with Gasteiger partial charge in [0, 0.05) is 29.9 Å². The first-order valence-corrected chi connectivity index (χ1v) is 6.40. The second-order valence-corrected chi connectivity index (χ2v) is 4.73. The fourth-order valence-electron chi connectivity index (χ4n) is 1.65. The summed E-state index contributed by atoms with van der Waals surface area (Å²) in [5.74, 6) is 2.64. The van der Waals surface area contributed by atoms with Crippen molar-refractivity contribution in [2.45, 2.75) is 24.7 Å². The van der Waals surface area contributed by atoms with Gasteiger partial charge in [-0.3, -0.25) is 0 Å². The highest BCUT2D eigenvalue weighted by molar-refractivity contribution is 7.98. The monoisotopic (exact) mass is 224 g/mol. The van der Waals surface area contributed by atoms with Crippen LogP contribution in [0.25, 0.3) is 0 Å². The van der Waals surface area contributed by atoms with Gasteiger partial charge in [-0.1, -0.05) is 6.07 Å². The van der Waals surface area contributed by atoms with Crippen molar-refractivity contribution in [1.82, 2.24) is 4.98 Å². The predicted molar refractivity (Wildman–Crippen MR) is 63.8 cm³/mol. The van der Waals surface area contributed by atoms with Crippen LogP contribution in [-0.2, 0) is 10.5 Å². The molecule has 0 amide bonds. The van der Waals surface area contributed by atoms with E-state index in [0.29, 0.717) is 11.9 Å². The molecule has 0 aliphatic carbocycles. The van der Waals surface area contributed by atoms with E-state index in [1.54, 1.807) is 6.20 Å². The molecule has 2 heterocycles. The third kappa shape index (κ3) is 3.11. The topological polar surface area (TPSA) is 48.1 Å². The van der Waals surface area contributed by atoms with Crippen molar-refractivity contribution in [1.29, 1.82) is 0 Å². The molecule has 1 aliphatic heterocycles. The van der Waals surface area contributed by atoms with Crippen molar-refractivity contribution < 1.29 is 4.74 Å². The lowest BCUT2D eigenvalue weighted by Crippen LogP contribution is -2.08. The number of hydrogen-bond donors (Lipinski definition) is 1. The molecule has 1 fully saturated rings. The van der Waals surface area contributed by atoms with Crippen LogP contribution in [0.2, 0.25) is 0 Å². The Balaban J connectivity index is 1.75. The standard InChI is InChI=1S/C11H16N2OS/c12-11-9(3-1-5-13-11)7-15-8-10-4-2-6-14-10/h1,3,5,10H,2,4,6-8H2,(H2,12,13). The summed E-state index contributed by atoms with van der Waals surface area (Å²) in [5, 5.41) is 0. The fraction of sp³-hybridized carbons (Fsp3) is 0.545. The van der Waals surface area contributed by atoms with Gasteiger partial charge in [-0.05, 0) is 18.9 Å². The minimum atomic E-state index is 0.452. The van der Waals surface area contributed by atoms with Crippen molar-refractivity contribution in [3.8, 4) is 0 Å². The molecule has 0 saturated carbocycles. The first kappa shape index (κ1) is 10.8. The van der Waals surface area contributed by atoms with Gasteiger partial charge in [-0.2, -0.15) is 11.8 Å². The Kier molecular flexibility index (Phi) is 3.86. The van der Waals surface area contributed by atoms with Gasteiger partial charge in [-0.25, -0.2) is 4.98 Å². The average Bonchev–Trinajstić information content (AvgIpc) is 2.74. The van der Waals surface area contributed by atoms with Gasteiger partial charge >= 0.3 is 0 Å². The Hall–Kier alpha value is -0.740. The summed E-state index contributed by atoms with van der Waals surface area (Å²) < 4.78 is 5.55. The van der Waals surface area contributed by atoms with Crippen molar-refractivity contribution in [2.75, 3.05) is 18.1 Å². The minimum absolute atomic E-state index is 0.452. The summed E-state index contributed by atoms with van der Waals surface area (Å²) in [6, 6.07) is 3.96. The first-order valence-electron chi connectivity index (χ1n) is 5.25. The lowest BCUT2D eigenvalue weighted by molar-refractivity contribution is 0.129. The number of nitrogens with zero attached hydrogens (tertiary/aromatic N) is 1. The molecule has 82 valence electrons. The van der Waals surface area contributed by atoms with Gasteiger partial charge < -0.3 is 10.5 Å². The van der Waals surface area contributed by atoms with E-state index in [1.165, 1.54) is 12.8 Å². The Labute approximate surface area is 94.4 Å². The van der Waals surface area contributed by atoms with Gasteiger partial charge in [0.25, 0.3) is 0 Å². The smallest absolute Gasteiger partial charge is 0.127 e. The SMILES string of the molecule is Nc1ncccc1CSCC1CCCO1. The van der Waals surface area contributed by atoms with Crippen LogP contribution in [0.5, 0.6) is 0 Å². The van der Waals surface area contributed by atoms with Crippen LogP contribution >= 0.6 is 11.8 Å². The van der Waals surface area contributed by atoms with Crippen LogP contribution in [0.15, 0.2) is 18.3 Å². The number of hydrogen-bond acceptors (Lipinski definition) is 4. The maximum atomic E-state index is 5.76. The van der Waals surface area contributed by atoms with Gasteiger partial charge in [0.2, 0.25) is 0 Å². The number of thioether (sulfide) groups is 1. The van der Waals surface area contributed by atoms with Crippen LogP contribution in [0.1, 0.15) is 18.4 Å². The van der Waals surface area contributed by atoms with Crippen molar-refractivity contribution in [2.24, 2.45) is 0 Å². The molecule has 0 bridgehead atoms. The van der Waals surface area contributed by atoms with Crippen molar-refractivity contribution in [3.05, 3.63) is 23.9 Å². The molecule has 1 aromatic heterocycles. The lowest BCUT2D eigenvalue weighted by atomic mass is 10.3. The maximum Gasteiger partial charge on any atom is 0.127 e. The molecule has 1 unspecified atom stereocenters. The number of rotatable bonds is 4. The number of pyridine rings is 1. The van der Waals surface area contributed by atoms with E-state index in [4.69, 9.17) is 10.5 Å². The zero-order valence-corrected chi connectivity index (χ0v) is 9.50. The third-order valence-electron chi connectivity index (χ3n) is 2.51. The Morgan fingerprint density at radius 3 is 3.27 bits per heavy atom. The Bertz CT molecular complexity index is 313.